The van der Waals surface area contributed by atoms with Gasteiger partial charge in [-0.3, -0.25) is 9.59 Å². The van der Waals surface area contributed by atoms with Crippen LogP contribution in [0.25, 0.3) is 0 Å². The van der Waals surface area contributed by atoms with E-state index in [0.29, 0.717) is 13.1 Å². The van der Waals surface area contributed by atoms with Crippen LogP contribution < -0.4 is 0 Å². The number of unbranched alkanes of at least 4 members (excludes halogenated alkanes) is 9. The molecule has 0 radical (unpaired) electrons. The molecule has 0 spiro atoms. The quantitative estimate of drug-likeness (QED) is 0.259. The number of carbonyl (C=O) groups is 2. The smallest absolute Gasteiger partial charge is 0.309 e. The van der Waals surface area contributed by atoms with Crippen LogP contribution in [-0.2, 0) is 19.1 Å². The molecule has 4 nitrogen and oxygen atoms in total. The lowest BCUT2D eigenvalue weighted by molar-refractivity contribution is -0.145. The van der Waals surface area contributed by atoms with Gasteiger partial charge in [-0.15, -0.1) is 0 Å². The Labute approximate surface area is 123 Å². The van der Waals surface area contributed by atoms with Crippen molar-refractivity contribution in [3.63, 3.8) is 0 Å². The minimum atomic E-state index is -0.289. The van der Waals surface area contributed by atoms with Crippen molar-refractivity contribution < 1.29 is 19.1 Å². The molecule has 0 bridgehead atoms. The van der Waals surface area contributed by atoms with E-state index in [0.717, 1.165) is 12.8 Å². The molecule has 4 heteroatoms. The molecule has 0 rings (SSSR count). The Morgan fingerprint density at radius 1 is 0.850 bits per heavy atom. The highest BCUT2D eigenvalue weighted by Crippen LogP contribution is 2.10. The van der Waals surface area contributed by atoms with Crippen LogP contribution in [0.4, 0.5) is 0 Å². The predicted molar refractivity (Wildman–Crippen MR) is 79.4 cm³/mol. The van der Waals surface area contributed by atoms with Crippen LogP contribution in [0.15, 0.2) is 0 Å². The van der Waals surface area contributed by atoms with Gasteiger partial charge in [-0.05, 0) is 6.42 Å². The average Bonchev–Trinajstić information content (AvgIpc) is 2.45. The minimum absolute atomic E-state index is 0.111. The van der Waals surface area contributed by atoms with Crippen molar-refractivity contribution >= 4 is 12.4 Å². The summed E-state index contributed by atoms with van der Waals surface area (Å²) in [6.45, 7) is 3.18. The monoisotopic (exact) mass is 286 g/mol. The molecule has 0 fully saturated rings. The van der Waals surface area contributed by atoms with E-state index < -0.39 is 0 Å². The third-order valence-electron chi connectivity index (χ3n) is 3.25. The minimum Gasteiger partial charge on any atom is -0.467 e. The number of ether oxygens (including phenoxy) is 2. The molecule has 0 aromatic rings. The molecule has 0 heterocycles. The summed E-state index contributed by atoms with van der Waals surface area (Å²) >= 11 is 0. The van der Waals surface area contributed by atoms with Gasteiger partial charge in [0.15, 0.2) is 0 Å². The lowest BCUT2D eigenvalue weighted by atomic mass is 10.1. The second kappa shape index (κ2) is 16.0. The largest absolute Gasteiger partial charge is 0.467 e. The summed E-state index contributed by atoms with van der Waals surface area (Å²) in [5, 5.41) is 0. The standard InChI is InChI=1S/C16H30O4/c1-2-3-4-5-6-7-8-9-10-11-13-20-16(18)12-14-19-15-17/h15H,2-14H2,1H3. The second-order valence-electron chi connectivity index (χ2n) is 5.12. The maximum absolute atomic E-state index is 11.2. The molecule has 0 aliphatic heterocycles. The van der Waals surface area contributed by atoms with Gasteiger partial charge in [0.25, 0.3) is 6.47 Å². The van der Waals surface area contributed by atoms with Gasteiger partial charge >= 0.3 is 5.97 Å². The van der Waals surface area contributed by atoms with Gasteiger partial charge in [0.05, 0.1) is 13.0 Å². The van der Waals surface area contributed by atoms with Crippen molar-refractivity contribution in [2.24, 2.45) is 0 Å². The molecule has 0 unspecified atom stereocenters. The Hall–Kier alpha value is -1.06. The number of rotatable bonds is 15. The van der Waals surface area contributed by atoms with Crippen LogP contribution in [-0.4, -0.2) is 25.7 Å². The maximum atomic E-state index is 11.2. The van der Waals surface area contributed by atoms with Gasteiger partial charge in [-0.2, -0.15) is 0 Å². The topological polar surface area (TPSA) is 52.6 Å². The Morgan fingerprint density at radius 2 is 1.40 bits per heavy atom. The Kier molecular flexibility index (Phi) is 15.1. The van der Waals surface area contributed by atoms with Crippen LogP contribution in [0.2, 0.25) is 0 Å². The van der Waals surface area contributed by atoms with Crippen molar-refractivity contribution in [2.45, 2.75) is 77.6 Å². The fourth-order valence-corrected chi connectivity index (χ4v) is 2.04. The summed E-state index contributed by atoms with van der Waals surface area (Å²) in [5.41, 5.74) is 0. The Morgan fingerprint density at radius 3 is 1.95 bits per heavy atom. The van der Waals surface area contributed by atoms with Gasteiger partial charge in [0.1, 0.15) is 6.61 Å². The highest BCUT2D eigenvalue weighted by atomic mass is 16.5. The van der Waals surface area contributed by atoms with E-state index >= 15 is 0 Å². The van der Waals surface area contributed by atoms with E-state index in [1.165, 1.54) is 51.4 Å². The fourth-order valence-electron chi connectivity index (χ4n) is 2.04. The van der Waals surface area contributed by atoms with Gasteiger partial charge in [-0.25, -0.2) is 0 Å². The average molecular weight is 286 g/mol. The van der Waals surface area contributed by atoms with Crippen molar-refractivity contribution in [3.8, 4) is 0 Å². The van der Waals surface area contributed by atoms with Gasteiger partial charge < -0.3 is 9.47 Å². The predicted octanol–water partition coefficient (Wildman–Crippen LogP) is 4.01. The molecular formula is C16H30O4. The van der Waals surface area contributed by atoms with Crippen LogP contribution in [0.3, 0.4) is 0 Å². The lowest BCUT2D eigenvalue weighted by Crippen LogP contribution is -2.09. The maximum Gasteiger partial charge on any atom is 0.309 e. The van der Waals surface area contributed by atoms with Crippen molar-refractivity contribution in [3.05, 3.63) is 0 Å². The third-order valence-corrected chi connectivity index (χ3v) is 3.25. The first-order chi connectivity index (χ1) is 9.81. The first-order valence-corrected chi connectivity index (χ1v) is 8.02. The van der Waals surface area contributed by atoms with Crippen molar-refractivity contribution in [1.82, 2.24) is 0 Å². The van der Waals surface area contributed by atoms with Crippen molar-refractivity contribution in [1.29, 1.82) is 0 Å². The van der Waals surface area contributed by atoms with Crippen LogP contribution >= 0.6 is 0 Å². The Bertz CT molecular complexity index is 229. The molecule has 0 aromatic heterocycles. The second-order valence-corrected chi connectivity index (χ2v) is 5.12. The normalized spacial score (nSPS) is 10.2. The molecular weight excluding hydrogens is 256 g/mol. The SMILES string of the molecule is CCCCCCCCCCCCOC(=O)CCOC=O. The van der Waals surface area contributed by atoms with E-state index in [1.54, 1.807) is 0 Å². The molecule has 0 aromatic carbocycles. The van der Waals surface area contributed by atoms with Crippen molar-refractivity contribution in [2.75, 3.05) is 13.2 Å². The van der Waals surface area contributed by atoms with Crippen LogP contribution in [0, 0.1) is 0 Å². The zero-order chi connectivity index (χ0) is 14.9. The van der Waals surface area contributed by atoms with Gasteiger partial charge in [0, 0.05) is 0 Å². The number of esters is 1. The lowest BCUT2D eigenvalue weighted by Gasteiger charge is -2.04. The molecule has 0 aliphatic rings. The Balaban J connectivity index is 3.08. The van der Waals surface area contributed by atoms with E-state index in [1.807, 2.05) is 0 Å². The molecule has 0 saturated heterocycles. The summed E-state index contributed by atoms with van der Waals surface area (Å²) in [7, 11) is 0. The molecule has 0 N–H and O–H groups in total. The molecule has 0 aliphatic carbocycles. The highest BCUT2D eigenvalue weighted by Gasteiger charge is 2.02. The third kappa shape index (κ3) is 15.0. The van der Waals surface area contributed by atoms with E-state index in [4.69, 9.17) is 4.74 Å². The zero-order valence-electron chi connectivity index (χ0n) is 12.9. The van der Waals surface area contributed by atoms with Crippen LogP contribution in [0.1, 0.15) is 77.6 Å². The highest BCUT2D eigenvalue weighted by molar-refractivity contribution is 5.69. The fraction of sp³-hybridized carbons (Fsp3) is 0.875. The molecule has 0 atom stereocenters. The first-order valence-electron chi connectivity index (χ1n) is 8.02. The number of carbonyl (C=O) groups excluding carboxylic acids is 2. The van der Waals surface area contributed by atoms with Gasteiger partial charge in [-0.1, -0.05) is 64.7 Å². The van der Waals surface area contributed by atoms with Gasteiger partial charge in [0.2, 0.25) is 0 Å². The summed E-state index contributed by atoms with van der Waals surface area (Å²) in [6, 6.07) is 0. The summed E-state index contributed by atoms with van der Waals surface area (Å²) in [4.78, 5) is 21.0. The molecule has 0 saturated carbocycles. The van der Waals surface area contributed by atoms with E-state index in [-0.39, 0.29) is 19.0 Å². The summed E-state index contributed by atoms with van der Waals surface area (Å²) in [6.07, 6.45) is 12.8. The van der Waals surface area contributed by atoms with E-state index in [2.05, 4.69) is 11.7 Å². The molecule has 118 valence electrons. The van der Waals surface area contributed by atoms with Crippen LogP contribution in [0.5, 0.6) is 0 Å². The summed E-state index contributed by atoms with van der Waals surface area (Å²) < 4.78 is 9.46. The summed E-state index contributed by atoms with van der Waals surface area (Å²) in [5.74, 6) is -0.289. The van der Waals surface area contributed by atoms with E-state index in [9.17, 15) is 9.59 Å². The molecule has 0 amide bonds. The first kappa shape index (κ1) is 18.9. The number of hydrogen-bond donors (Lipinski definition) is 0. The number of hydrogen-bond acceptors (Lipinski definition) is 4. The zero-order valence-corrected chi connectivity index (χ0v) is 12.9. The molecule has 20 heavy (non-hydrogen) atoms.